The fourth-order valence-corrected chi connectivity index (χ4v) is 4.83. The molecule has 0 aliphatic carbocycles. The van der Waals surface area contributed by atoms with Gasteiger partial charge in [0.05, 0.1) is 25.5 Å². The number of benzene rings is 3. The van der Waals surface area contributed by atoms with Gasteiger partial charge >= 0.3 is 5.97 Å². The van der Waals surface area contributed by atoms with E-state index in [0.717, 1.165) is 40.9 Å². The number of carbonyl (C=O) groups excluding carboxylic acids is 1. The number of rotatable bonds is 12. The summed E-state index contributed by atoms with van der Waals surface area (Å²) in [4.78, 5) is 12.5. The van der Waals surface area contributed by atoms with Crippen molar-refractivity contribution in [3.05, 3.63) is 132 Å². The molecule has 8 nitrogen and oxygen atoms in total. The first-order valence-electron chi connectivity index (χ1n) is 15.9. The molecule has 3 aromatic carbocycles. The minimum Gasteiger partial charge on any atom is -0.497 e. The van der Waals surface area contributed by atoms with E-state index < -0.39 is 0 Å². The molecule has 48 heavy (non-hydrogen) atoms. The number of methoxy groups -OCH3 is 1. The van der Waals surface area contributed by atoms with Crippen molar-refractivity contribution in [2.24, 2.45) is 0 Å². The molecule has 4 rings (SSSR count). The summed E-state index contributed by atoms with van der Waals surface area (Å²) in [6, 6.07) is 18.7. The van der Waals surface area contributed by atoms with Crippen LogP contribution in [0.1, 0.15) is 67.6 Å². The van der Waals surface area contributed by atoms with Crippen LogP contribution in [0.3, 0.4) is 0 Å². The minimum absolute atomic E-state index is 0.0516. The molecule has 0 saturated carbocycles. The van der Waals surface area contributed by atoms with E-state index in [2.05, 4.69) is 57.0 Å². The lowest BCUT2D eigenvalue weighted by Gasteiger charge is -2.25. The second-order valence-electron chi connectivity index (χ2n) is 12.3. The summed E-state index contributed by atoms with van der Waals surface area (Å²) in [7, 11) is 1.61. The van der Waals surface area contributed by atoms with Crippen LogP contribution in [0.2, 0.25) is 0 Å². The van der Waals surface area contributed by atoms with Crippen LogP contribution < -0.4 is 20.1 Å². The van der Waals surface area contributed by atoms with Crippen molar-refractivity contribution in [2.75, 3.05) is 19.0 Å². The van der Waals surface area contributed by atoms with Crippen molar-refractivity contribution in [3.63, 3.8) is 0 Å². The maximum Gasteiger partial charge on any atom is 0.338 e. The molecule has 1 aliphatic heterocycles. The van der Waals surface area contributed by atoms with Crippen molar-refractivity contribution in [3.8, 4) is 11.5 Å². The number of unbranched alkanes of at least 4 members (excludes halogenated alkanes) is 1. The van der Waals surface area contributed by atoms with E-state index in [-0.39, 0.29) is 23.1 Å². The molecule has 3 aromatic rings. The van der Waals surface area contributed by atoms with Crippen LogP contribution in [-0.4, -0.2) is 31.4 Å². The van der Waals surface area contributed by atoms with Gasteiger partial charge < -0.3 is 24.8 Å². The molecule has 0 saturated heterocycles. The molecular formula is C40H44N4O4. The van der Waals surface area contributed by atoms with E-state index in [1.54, 1.807) is 49.8 Å². The van der Waals surface area contributed by atoms with E-state index in [0.29, 0.717) is 34.8 Å². The number of hydrogen-bond acceptors (Lipinski definition) is 7. The lowest BCUT2D eigenvalue weighted by Crippen LogP contribution is -2.25. The highest BCUT2D eigenvalue weighted by atomic mass is 16.5. The molecule has 1 heterocycles. The van der Waals surface area contributed by atoms with Crippen LogP contribution in [0.5, 0.6) is 11.5 Å². The number of carbonyl (C=O) groups is 1. The van der Waals surface area contributed by atoms with Crippen LogP contribution in [0.15, 0.2) is 109 Å². The Labute approximate surface area is 283 Å². The van der Waals surface area contributed by atoms with Gasteiger partial charge in [0.1, 0.15) is 23.2 Å². The SMILES string of the molecule is C=C(/C=C\C=C\Oc1cccc(OC)c1)C1=CC(=N)NC(=N)/C=C/c2cc(C(C)(C)C)cc(Nc3ccc(C(=O)OCCCC)cc3)c21. The lowest BCUT2D eigenvalue weighted by molar-refractivity contribution is 0.0499. The van der Waals surface area contributed by atoms with Gasteiger partial charge in [-0.2, -0.15) is 0 Å². The van der Waals surface area contributed by atoms with Gasteiger partial charge in [-0.3, -0.25) is 10.8 Å². The molecule has 0 unspecified atom stereocenters. The van der Waals surface area contributed by atoms with Gasteiger partial charge in [0.15, 0.2) is 0 Å². The van der Waals surface area contributed by atoms with Crippen molar-refractivity contribution >= 4 is 40.7 Å². The van der Waals surface area contributed by atoms with E-state index in [1.165, 1.54) is 0 Å². The summed E-state index contributed by atoms with van der Waals surface area (Å²) in [6.07, 6.45) is 14.0. The Hall–Kier alpha value is -5.63. The highest BCUT2D eigenvalue weighted by Gasteiger charge is 2.22. The maximum atomic E-state index is 12.5. The number of anilines is 2. The van der Waals surface area contributed by atoms with Crippen LogP contribution in [0, 0.1) is 10.8 Å². The van der Waals surface area contributed by atoms with E-state index >= 15 is 0 Å². The molecule has 0 aromatic heterocycles. The summed E-state index contributed by atoms with van der Waals surface area (Å²) in [5, 5.41) is 23.4. The lowest BCUT2D eigenvalue weighted by atomic mass is 9.82. The van der Waals surface area contributed by atoms with Gasteiger partial charge in [-0.05, 0) is 94.8 Å². The molecule has 248 valence electrons. The maximum absolute atomic E-state index is 12.5. The average molecular weight is 645 g/mol. The third-order valence-electron chi connectivity index (χ3n) is 7.50. The number of hydrogen-bond donors (Lipinski definition) is 4. The predicted octanol–water partition coefficient (Wildman–Crippen LogP) is 9.35. The Balaban J connectivity index is 1.72. The third-order valence-corrected chi connectivity index (χ3v) is 7.50. The molecule has 0 bridgehead atoms. The second kappa shape index (κ2) is 16.3. The van der Waals surface area contributed by atoms with Gasteiger partial charge in [-0.15, -0.1) is 0 Å². The Morgan fingerprint density at radius 1 is 0.979 bits per heavy atom. The minimum atomic E-state index is -0.346. The molecule has 8 heteroatoms. The third kappa shape index (κ3) is 9.69. The van der Waals surface area contributed by atoms with Crippen LogP contribution in [0.4, 0.5) is 11.4 Å². The Morgan fingerprint density at radius 2 is 1.73 bits per heavy atom. The largest absolute Gasteiger partial charge is 0.497 e. The van der Waals surface area contributed by atoms with Crippen molar-refractivity contribution < 1.29 is 19.0 Å². The van der Waals surface area contributed by atoms with E-state index in [4.69, 9.17) is 25.0 Å². The normalized spacial score (nSPS) is 13.9. The van der Waals surface area contributed by atoms with Gasteiger partial charge in [0, 0.05) is 23.0 Å². The number of allylic oxidation sites excluding steroid dienone is 5. The monoisotopic (exact) mass is 644 g/mol. The van der Waals surface area contributed by atoms with Crippen molar-refractivity contribution in [1.82, 2.24) is 5.32 Å². The van der Waals surface area contributed by atoms with Gasteiger partial charge in [-0.1, -0.05) is 71.1 Å². The molecule has 0 amide bonds. The smallest absolute Gasteiger partial charge is 0.338 e. The average Bonchev–Trinajstić information content (AvgIpc) is 3.12. The number of ether oxygens (including phenoxy) is 3. The summed E-state index contributed by atoms with van der Waals surface area (Å²) in [5.74, 6) is 1.15. The van der Waals surface area contributed by atoms with E-state index in [1.807, 2.05) is 48.6 Å². The molecular weight excluding hydrogens is 600 g/mol. The Bertz CT molecular complexity index is 1790. The summed E-state index contributed by atoms with van der Waals surface area (Å²) in [6.45, 7) is 13.3. The predicted molar refractivity (Wildman–Crippen MR) is 197 cm³/mol. The van der Waals surface area contributed by atoms with Gasteiger partial charge in [-0.25, -0.2) is 4.79 Å². The van der Waals surface area contributed by atoms with Crippen LogP contribution >= 0.6 is 0 Å². The van der Waals surface area contributed by atoms with Crippen molar-refractivity contribution in [1.29, 1.82) is 10.8 Å². The zero-order valence-corrected chi connectivity index (χ0v) is 28.3. The summed E-state index contributed by atoms with van der Waals surface area (Å²) >= 11 is 0. The van der Waals surface area contributed by atoms with E-state index in [9.17, 15) is 4.79 Å². The summed E-state index contributed by atoms with van der Waals surface area (Å²) in [5.41, 5.74) is 5.96. The Morgan fingerprint density at radius 3 is 2.44 bits per heavy atom. The van der Waals surface area contributed by atoms with Crippen molar-refractivity contribution in [2.45, 2.75) is 46.0 Å². The first-order valence-corrected chi connectivity index (χ1v) is 15.9. The first kappa shape index (κ1) is 35.2. The number of esters is 1. The molecule has 4 N–H and O–H groups in total. The van der Waals surface area contributed by atoms with Gasteiger partial charge in [0.25, 0.3) is 0 Å². The van der Waals surface area contributed by atoms with Crippen LogP contribution in [0.25, 0.3) is 11.6 Å². The molecule has 1 aliphatic rings. The topological polar surface area (TPSA) is 117 Å². The van der Waals surface area contributed by atoms with Gasteiger partial charge in [0.2, 0.25) is 0 Å². The second-order valence-corrected chi connectivity index (χ2v) is 12.3. The number of amidine groups is 2. The van der Waals surface area contributed by atoms with Crippen LogP contribution in [-0.2, 0) is 10.2 Å². The molecule has 0 fully saturated rings. The fourth-order valence-electron chi connectivity index (χ4n) is 4.83. The number of nitrogens with one attached hydrogen (secondary N) is 4. The number of fused-ring (bicyclic) bond motifs is 1. The molecule has 0 radical (unpaired) electrons. The molecule has 0 atom stereocenters. The first-order chi connectivity index (χ1) is 23.0. The quantitative estimate of drug-likeness (QED) is 0.0676. The zero-order valence-electron chi connectivity index (χ0n) is 28.3. The highest BCUT2D eigenvalue weighted by Crippen LogP contribution is 2.39. The fraction of sp³-hybridized carbons (Fsp3) is 0.225. The zero-order chi connectivity index (χ0) is 34.7. The summed E-state index contributed by atoms with van der Waals surface area (Å²) < 4.78 is 16.4. The molecule has 0 spiro atoms. The highest BCUT2D eigenvalue weighted by molar-refractivity contribution is 6.14. The standard InChI is InChI=1S/C40H44N4O4/c1-7-8-21-48-39(45)28-15-18-31(19-16-28)43-35-24-30(40(3,4)5)23-29-17-20-36(41)44-37(42)26-34(38(29)35)27(2)12-9-10-22-47-33-14-11-13-32(25-33)46-6/h9-20,22-26,43H,2,7-8,21H2,1,3-6H3,(H3,41,42,44)/b12-9-,20-17+,22-10+,34-26?. The Kier molecular flexibility index (Phi) is 11.9.